The number of ether oxygens (including phenoxy) is 1. The van der Waals surface area contributed by atoms with E-state index < -0.39 is 0 Å². The maximum Gasteiger partial charge on any atom is 0.127 e. The van der Waals surface area contributed by atoms with Crippen molar-refractivity contribution in [3.05, 3.63) is 0 Å². The first-order valence-corrected chi connectivity index (χ1v) is 2.12. The minimum Gasteiger partial charge on any atom is -0.365 e. The normalized spacial score (nSPS) is 14.1. The third-order valence-electron chi connectivity index (χ3n) is 0.637. The minimum atomic E-state index is -0.0231. The van der Waals surface area contributed by atoms with Gasteiger partial charge in [-0.15, -0.1) is 0 Å². The first kappa shape index (κ1) is 6.88. The van der Waals surface area contributed by atoms with Gasteiger partial charge in [-0.05, 0) is 6.92 Å². The van der Waals surface area contributed by atoms with Crippen molar-refractivity contribution in [2.45, 2.75) is 13.2 Å². The molecule has 0 bridgehead atoms. The summed E-state index contributed by atoms with van der Waals surface area (Å²) in [6.45, 7) is 1.85. The second-order valence-electron chi connectivity index (χ2n) is 1.20. The van der Waals surface area contributed by atoms with Crippen molar-refractivity contribution >= 4 is 0 Å². The molecule has 3 nitrogen and oxygen atoms in total. The fourth-order valence-electron chi connectivity index (χ4n) is 0.214. The van der Waals surface area contributed by atoms with Gasteiger partial charge in [0.1, 0.15) is 6.23 Å². The Bertz CT molecular complexity index is 40.7. The highest BCUT2D eigenvalue weighted by Crippen LogP contribution is 1.76. The van der Waals surface area contributed by atoms with Crippen LogP contribution in [0.1, 0.15) is 6.92 Å². The first-order chi connectivity index (χ1) is 3.31. The van der Waals surface area contributed by atoms with Gasteiger partial charge in [-0.3, -0.25) is 0 Å². The highest BCUT2D eigenvalue weighted by Gasteiger charge is 1.90. The number of hydroxylamine groups is 1. The molecule has 7 heavy (non-hydrogen) atoms. The summed E-state index contributed by atoms with van der Waals surface area (Å²) in [5, 5.41) is 0. The van der Waals surface area contributed by atoms with Gasteiger partial charge in [0, 0.05) is 7.11 Å². The van der Waals surface area contributed by atoms with E-state index in [0.29, 0.717) is 0 Å². The second-order valence-corrected chi connectivity index (χ2v) is 1.20. The van der Waals surface area contributed by atoms with Crippen molar-refractivity contribution in [1.29, 1.82) is 0 Å². The molecule has 0 aliphatic carbocycles. The third-order valence-corrected chi connectivity index (χ3v) is 0.637. The number of nitrogens with one attached hydrogen (secondary N) is 1. The molecule has 1 unspecified atom stereocenters. The Kier molecular flexibility index (Phi) is 3.98. The average Bonchev–Trinajstić information content (AvgIpc) is 1.68. The summed E-state index contributed by atoms with van der Waals surface area (Å²) < 4.78 is 4.75. The van der Waals surface area contributed by atoms with Gasteiger partial charge < -0.3 is 9.57 Å². The second kappa shape index (κ2) is 4.05. The predicted molar refractivity (Wildman–Crippen MR) is 26.6 cm³/mol. The van der Waals surface area contributed by atoms with Crippen LogP contribution >= 0.6 is 0 Å². The fraction of sp³-hybridized carbons (Fsp3) is 1.00. The molecule has 0 radical (unpaired) electrons. The van der Waals surface area contributed by atoms with Gasteiger partial charge in [-0.1, -0.05) is 0 Å². The number of hydrogen-bond donors (Lipinski definition) is 1. The molecule has 0 heterocycles. The minimum absolute atomic E-state index is 0.0231. The number of rotatable bonds is 3. The lowest BCUT2D eigenvalue weighted by molar-refractivity contribution is -0.0432. The summed E-state index contributed by atoms with van der Waals surface area (Å²) in [4.78, 5) is 4.52. The van der Waals surface area contributed by atoms with Crippen molar-refractivity contribution in [2.75, 3.05) is 14.2 Å². The van der Waals surface area contributed by atoms with E-state index in [-0.39, 0.29) is 6.23 Å². The lowest BCUT2D eigenvalue weighted by Crippen LogP contribution is -2.25. The van der Waals surface area contributed by atoms with E-state index in [1.165, 1.54) is 0 Å². The van der Waals surface area contributed by atoms with Gasteiger partial charge in [0.15, 0.2) is 0 Å². The Morgan fingerprint density at radius 3 is 2.14 bits per heavy atom. The van der Waals surface area contributed by atoms with Crippen LogP contribution in [0.5, 0.6) is 0 Å². The van der Waals surface area contributed by atoms with Crippen LogP contribution in [0.2, 0.25) is 0 Å². The lowest BCUT2D eigenvalue weighted by Gasteiger charge is -2.07. The van der Waals surface area contributed by atoms with E-state index in [1.54, 1.807) is 14.2 Å². The summed E-state index contributed by atoms with van der Waals surface area (Å²) in [7, 11) is 3.16. The Hall–Kier alpha value is -0.120. The molecule has 1 N–H and O–H groups in total. The molecule has 1 atom stereocenters. The molecule has 0 saturated heterocycles. The Balaban J connectivity index is 2.83. The highest BCUT2D eigenvalue weighted by molar-refractivity contribution is 4.28. The van der Waals surface area contributed by atoms with Crippen molar-refractivity contribution in [1.82, 2.24) is 5.48 Å². The maximum atomic E-state index is 4.75. The van der Waals surface area contributed by atoms with Crippen molar-refractivity contribution in [3.8, 4) is 0 Å². The molecular weight excluding hydrogens is 94.0 g/mol. The van der Waals surface area contributed by atoms with E-state index >= 15 is 0 Å². The number of methoxy groups -OCH3 is 1. The summed E-state index contributed by atoms with van der Waals surface area (Å²) in [6, 6.07) is 0. The van der Waals surface area contributed by atoms with Crippen LogP contribution in [-0.2, 0) is 9.57 Å². The monoisotopic (exact) mass is 105 g/mol. The Morgan fingerprint density at radius 1 is 1.43 bits per heavy atom. The zero-order valence-electron chi connectivity index (χ0n) is 4.89. The molecule has 0 aliphatic rings. The topological polar surface area (TPSA) is 30.5 Å². The van der Waals surface area contributed by atoms with E-state index in [1.807, 2.05) is 6.92 Å². The van der Waals surface area contributed by atoms with Crippen molar-refractivity contribution < 1.29 is 9.57 Å². The molecule has 0 rings (SSSR count). The summed E-state index contributed by atoms with van der Waals surface area (Å²) >= 11 is 0. The molecule has 0 saturated carbocycles. The van der Waals surface area contributed by atoms with Crippen LogP contribution in [0.3, 0.4) is 0 Å². The molecule has 44 valence electrons. The molecule has 3 heteroatoms. The molecule has 0 aromatic heterocycles. The van der Waals surface area contributed by atoms with Crippen LogP contribution in [0, 0.1) is 0 Å². The van der Waals surface area contributed by atoms with Crippen molar-refractivity contribution in [3.63, 3.8) is 0 Å². The van der Waals surface area contributed by atoms with Crippen LogP contribution in [-0.4, -0.2) is 20.4 Å². The molecule has 0 aromatic rings. The zero-order valence-corrected chi connectivity index (χ0v) is 4.89. The van der Waals surface area contributed by atoms with Gasteiger partial charge >= 0.3 is 0 Å². The molecule has 0 spiro atoms. The summed E-state index contributed by atoms with van der Waals surface area (Å²) in [5.74, 6) is 0. The predicted octanol–water partition coefficient (Wildman–Crippen LogP) is 0.130. The lowest BCUT2D eigenvalue weighted by atomic mass is 10.7. The smallest absolute Gasteiger partial charge is 0.127 e. The standard InChI is InChI=1S/C4H11NO2/c1-4(6-2)5-7-3/h4-5H,1-3H3. The van der Waals surface area contributed by atoms with Crippen LogP contribution in [0.15, 0.2) is 0 Å². The van der Waals surface area contributed by atoms with Gasteiger partial charge in [0.2, 0.25) is 0 Å². The largest absolute Gasteiger partial charge is 0.365 e. The first-order valence-electron chi connectivity index (χ1n) is 2.12. The maximum absolute atomic E-state index is 4.75. The third kappa shape index (κ3) is 3.72. The van der Waals surface area contributed by atoms with E-state index in [0.717, 1.165) is 0 Å². The van der Waals surface area contributed by atoms with Crippen LogP contribution < -0.4 is 5.48 Å². The molecule has 0 amide bonds. The van der Waals surface area contributed by atoms with Crippen LogP contribution in [0.25, 0.3) is 0 Å². The van der Waals surface area contributed by atoms with Crippen LogP contribution in [0.4, 0.5) is 0 Å². The van der Waals surface area contributed by atoms with E-state index in [4.69, 9.17) is 4.74 Å². The van der Waals surface area contributed by atoms with Gasteiger partial charge in [-0.2, -0.15) is 5.48 Å². The van der Waals surface area contributed by atoms with E-state index in [9.17, 15) is 0 Å². The molecule has 0 aromatic carbocycles. The highest BCUT2D eigenvalue weighted by atomic mass is 16.7. The zero-order chi connectivity index (χ0) is 5.70. The van der Waals surface area contributed by atoms with Gasteiger partial charge in [-0.25, -0.2) is 0 Å². The quantitative estimate of drug-likeness (QED) is 0.409. The summed E-state index contributed by atoms with van der Waals surface area (Å²) in [6.07, 6.45) is -0.0231. The van der Waals surface area contributed by atoms with Crippen molar-refractivity contribution in [2.24, 2.45) is 0 Å². The fourth-order valence-corrected chi connectivity index (χ4v) is 0.214. The van der Waals surface area contributed by atoms with E-state index in [2.05, 4.69) is 10.3 Å². The molecule has 0 fully saturated rings. The Labute approximate surface area is 43.6 Å². The Morgan fingerprint density at radius 2 is 2.00 bits per heavy atom. The average molecular weight is 105 g/mol. The number of hydrogen-bond acceptors (Lipinski definition) is 3. The van der Waals surface area contributed by atoms with Gasteiger partial charge in [0.05, 0.1) is 7.11 Å². The van der Waals surface area contributed by atoms with Gasteiger partial charge in [0.25, 0.3) is 0 Å². The SMILES string of the molecule is CONC(C)OC. The molecule has 0 aliphatic heterocycles. The summed E-state index contributed by atoms with van der Waals surface area (Å²) in [5.41, 5.74) is 2.57. The molecular formula is C4H11NO2.